The molecule has 2 N–H and O–H groups in total. The first-order chi connectivity index (χ1) is 14.3. The summed E-state index contributed by atoms with van der Waals surface area (Å²) in [6, 6.07) is 10.4. The number of hydrogen-bond acceptors (Lipinski definition) is 3. The van der Waals surface area contributed by atoms with E-state index in [0.717, 1.165) is 18.3 Å². The zero-order valence-electron chi connectivity index (χ0n) is 16.0. The normalized spacial score (nSPS) is 15.6. The van der Waals surface area contributed by atoms with Crippen LogP contribution in [0.5, 0.6) is 0 Å². The lowest BCUT2D eigenvalue weighted by Crippen LogP contribution is -2.27. The molecule has 1 aliphatic rings. The van der Waals surface area contributed by atoms with Crippen LogP contribution in [-0.2, 0) is 0 Å². The van der Waals surface area contributed by atoms with Gasteiger partial charge in [-0.1, -0.05) is 25.1 Å². The Morgan fingerprint density at radius 3 is 2.47 bits per heavy atom. The Morgan fingerprint density at radius 2 is 1.87 bits per heavy atom. The molecule has 1 aliphatic heterocycles. The zero-order chi connectivity index (χ0) is 21.9. The fourth-order valence-corrected chi connectivity index (χ4v) is 3.29. The van der Waals surface area contributed by atoms with Crippen molar-refractivity contribution >= 4 is 17.1 Å². The van der Waals surface area contributed by atoms with Crippen molar-refractivity contribution in [2.24, 2.45) is 15.7 Å². The Kier molecular flexibility index (Phi) is 6.14. The lowest BCUT2D eigenvalue weighted by atomic mass is 9.92. The number of aliphatic imine (C=N–C) groups is 2. The third-order valence-corrected chi connectivity index (χ3v) is 4.59. The van der Waals surface area contributed by atoms with E-state index in [2.05, 4.69) is 9.98 Å². The van der Waals surface area contributed by atoms with Crippen LogP contribution in [0.2, 0.25) is 0 Å². The molecular weight excluding hydrogens is 401 g/mol. The van der Waals surface area contributed by atoms with Crippen LogP contribution >= 0.6 is 0 Å². The van der Waals surface area contributed by atoms with Crippen molar-refractivity contribution in [3.8, 4) is 0 Å². The standard InChI is InChI=1S/C22H18F5N3/c1-2-15-18(12-29-20(15)16-8-3-4-9-19(16)24)17(11-28)21(22(25,26)27)30-14-7-5-6-13(23)10-14/h3-11H,2,12,28H2,1H3. The summed E-state index contributed by atoms with van der Waals surface area (Å²) < 4.78 is 69.3. The Bertz CT molecular complexity index is 1080. The predicted molar refractivity (Wildman–Crippen MR) is 107 cm³/mol. The van der Waals surface area contributed by atoms with E-state index >= 15 is 0 Å². The topological polar surface area (TPSA) is 50.7 Å². The van der Waals surface area contributed by atoms with Gasteiger partial charge < -0.3 is 5.73 Å². The molecule has 0 atom stereocenters. The molecule has 2 aromatic carbocycles. The summed E-state index contributed by atoms with van der Waals surface area (Å²) in [5.41, 5.74) is 4.92. The molecule has 1 heterocycles. The van der Waals surface area contributed by atoms with E-state index in [1.165, 1.54) is 30.3 Å². The molecule has 3 rings (SSSR count). The number of nitrogens with two attached hydrogens (primary N) is 1. The second-order valence-corrected chi connectivity index (χ2v) is 6.47. The number of alkyl halides is 3. The number of allylic oxidation sites excluding steroid dienone is 1. The van der Waals surface area contributed by atoms with Crippen LogP contribution in [0.25, 0.3) is 0 Å². The zero-order valence-corrected chi connectivity index (χ0v) is 16.0. The summed E-state index contributed by atoms with van der Waals surface area (Å²) in [7, 11) is 0. The van der Waals surface area contributed by atoms with Crippen molar-refractivity contribution in [3.63, 3.8) is 0 Å². The van der Waals surface area contributed by atoms with Crippen molar-refractivity contribution in [1.82, 2.24) is 0 Å². The fraction of sp³-hybridized carbons (Fsp3) is 0.182. The second-order valence-electron chi connectivity index (χ2n) is 6.47. The van der Waals surface area contributed by atoms with Crippen LogP contribution in [0.15, 0.2) is 81.4 Å². The van der Waals surface area contributed by atoms with Crippen molar-refractivity contribution in [2.75, 3.05) is 6.54 Å². The van der Waals surface area contributed by atoms with Crippen LogP contribution < -0.4 is 5.73 Å². The van der Waals surface area contributed by atoms with Crippen LogP contribution in [0, 0.1) is 11.6 Å². The molecule has 30 heavy (non-hydrogen) atoms. The second kappa shape index (κ2) is 8.61. The van der Waals surface area contributed by atoms with E-state index in [1.54, 1.807) is 13.0 Å². The largest absolute Gasteiger partial charge is 0.434 e. The van der Waals surface area contributed by atoms with Crippen LogP contribution in [-0.4, -0.2) is 24.1 Å². The first-order valence-corrected chi connectivity index (χ1v) is 9.12. The van der Waals surface area contributed by atoms with E-state index in [0.29, 0.717) is 12.0 Å². The SMILES string of the molecule is CCC1=C(C(=CN)C(=Nc2cccc(F)c2)C(F)(F)F)CN=C1c1ccccc1F. The van der Waals surface area contributed by atoms with E-state index < -0.39 is 23.5 Å². The molecule has 0 unspecified atom stereocenters. The molecule has 0 saturated heterocycles. The van der Waals surface area contributed by atoms with Crippen LogP contribution in [0.1, 0.15) is 18.9 Å². The third-order valence-electron chi connectivity index (χ3n) is 4.59. The Morgan fingerprint density at radius 1 is 1.13 bits per heavy atom. The molecule has 2 aromatic rings. The molecule has 0 bridgehead atoms. The summed E-state index contributed by atoms with van der Waals surface area (Å²) in [6.45, 7) is 1.64. The summed E-state index contributed by atoms with van der Waals surface area (Å²) in [6.07, 6.45) is -3.73. The minimum absolute atomic E-state index is 0.103. The summed E-state index contributed by atoms with van der Waals surface area (Å²) in [4.78, 5) is 7.91. The maximum atomic E-state index is 14.3. The molecule has 0 fully saturated rings. The first kappa shape index (κ1) is 21.4. The summed E-state index contributed by atoms with van der Waals surface area (Å²) in [5, 5.41) is 0. The van der Waals surface area contributed by atoms with E-state index in [1.807, 2.05) is 0 Å². The summed E-state index contributed by atoms with van der Waals surface area (Å²) in [5.74, 6) is -1.23. The van der Waals surface area contributed by atoms with Gasteiger partial charge in [0, 0.05) is 17.3 Å². The predicted octanol–water partition coefficient (Wildman–Crippen LogP) is 5.65. The van der Waals surface area contributed by atoms with Crippen molar-refractivity contribution in [2.45, 2.75) is 19.5 Å². The molecule has 156 valence electrons. The number of halogens is 5. The van der Waals surface area contributed by atoms with Gasteiger partial charge in [-0.25, -0.2) is 13.8 Å². The van der Waals surface area contributed by atoms with Crippen LogP contribution in [0.3, 0.4) is 0 Å². The number of benzene rings is 2. The lowest BCUT2D eigenvalue weighted by molar-refractivity contribution is -0.0581. The molecule has 8 heteroatoms. The van der Waals surface area contributed by atoms with Gasteiger partial charge in [-0.05, 0) is 47.9 Å². The van der Waals surface area contributed by atoms with E-state index in [9.17, 15) is 22.0 Å². The molecule has 3 nitrogen and oxygen atoms in total. The Hall–Kier alpha value is -3.29. The van der Waals surface area contributed by atoms with Gasteiger partial charge in [0.2, 0.25) is 0 Å². The van der Waals surface area contributed by atoms with Crippen molar-refractivity contribution in [1.29, 1.82) is 0 Å². The number of rotatable bonds is 5. The highest BCUT2D eigenvalue weighted by Crippen LogP contribution is 2.34. The maximum Gasteiger partial charge on any atom is 0.434 e. The minimum atomic E-state index is -4.86. The lowest BCUT2D eigenvalue weighted by Gasteiger charge is -2.17. The van der Waals surface area contributed by atoms with Gasteiger partial charge in [-0.15, -0.1) is 0 Å². The van der Waals surface area contributed by atoms with Crippen LogP contribution in [0.4, 0.5) is 27.6 Å². The monoisotopic (exact) mass is 419 g/mol. The van der Waals surface area contributed by atoms with Gasteiger partial charge in [0.1, 0.15) is 11.6 Å². The fourth-order valence-electron chi connectivity index (χ4n) is 3.29. The van der Waals surface area contributed by atoms with E-state index in [-0.39, 0.29) is 34.7 Å². The average molecular weight is 419 g/mol. The third kappa shape index (κ3) is 4.32. The Balaban J connectivity index is 2.13. The molecule has 0 radical (unpaired) electrons. The molecule has 0 amide bonds. The molecule has 0 spiro atoms. The molecule has 0 aliphatic carbocycles. The first-order valence-electron chi connectivity index (χ1n) is 9.12. The minimum Gasteiger partial charge on any atom is -0.404 e. The van der Waals surface area contributed by atoms with Crippen molar-refractivity contribution in [3.05, 3.63) is 88.6 Å². The van der Waals surface area contributed by atoms with Gasteiger partial charge >= 0.3 is 6.18 Å². The quantitative estimate of drug-likeness (QED) is 0.494. The van der Waals surface area contributed by atoms with Crippen molar-refractivity contribution < 1.29 is 22.0 Å². The molecule has 0 aromatic heterocycles. The average Bonchev–Trinajstić information content (AvgIpc) is 3.11. The molecular formula is C22H18F5N3. The highest BCUT2D eigenvalue weighted by molar-refractivity contribution is 6.18. The highest BCUT2D eigenvalue weighted by Gasteiger charge is 2.40. The van der Waals surface area contributed by atoms with Gasteiger partial charge in [-0.3, -0.25) is 4.99 Å². The summed E-state index contributed by atoms with van der Waals surface area (Å²) >= 11 is 0. The van der Waals surface area contributed by atoms with Gasteiger partial charge in [0.15, 0.2) is 5.71 Å². The van der Waals surface area contributed by atoms with Gasteiger partial charge in [0.05, 0.1) is 17.9 Å². The Labute approximate surface area is 170 Å². The highest BCUT2D eigenvalue weighted by atomic mass is 19.4. The van der Waals surface area contributed by atoms with E-state index in [4.69, 9.17) is 5.73 Å². The van der Waals surface area contributed by atoms with Gasteiger partial charge in [-0.2, -0.15) is 13.2 Å². The maximum absolute atomic E-state index is 14.3. The molecule has 0 saturated carbocycles. The number of nitrogens with zero attached hydrogens (tertiary/aromatic N) is 2. The smallest absolute Gasteiger partial charge is 0.404 e. The number of hydrogen-bond donors (Lipinski definition) is 1. The van der Waals surface area contributed by atoms with Gasteiger partial charge in [0.25, 0.3) is 0 Å².